The second-order valence-corrected chi connectivity index (χ2v) is 11.8. The summed E-state index contributed by atoms with van der Waals surface area (Å²) in [6.07, 6.45) is -5.41. The van der Waals surface area contributed by atoms with Crippen molar-refractivity contribution >= 4 is 39.9 Å². The number of ether oxygens (including phenoxy) is 1. The third-order valence-corrected chi connectivity index (χ3v) is 7.95. The largest absolute Gasteiger partial charge is 0.444 e. The zero-order chi connectivity index (χ0) is 30.4. The molecule has 0 saturated carbocycles. The number of anilines is 1. The summed E-state index contributed by atoms with van der Waals surface area (Å²) in [4.78, 5) is 14.1. The SMILES string of the molecule is C=S(N1CCN(C(=O)OC(C)(C)C)CC1)N(Cc1ccc(C2=NN=C(C(F)(F)F)C2)cc1F)c1ccccc1.CC. The summed E-state index contributed by atoms with van der Waals surface area (Å²) < 4.78 is 63.7. The Labute approximate surface area is 241 Å². The van der Waals surface area contributed by atoms with Crippen molar-refractivity contribution in [3.63, 3.8) is 0 Å². The summed E-state index contributed by atoms with van der Waals surface area (Å²) >= 11 is 0. The lowest BCUT2D eigenvalue weighted by molar-refractivity contribution is -0.0596. The van der Waals surface area contributed by atoms with Gasteiger partial charge in [0.25, 0.3) is 0 Å². The molecule has 41 heavy (non-hydrogen) atoms. The predicted molar refractivity (Wildman–Crippen MR) is 159 cm³/mol. The van der Waals surface area contributed by atoms with E-state index in [2.05, 4.69) is 20.4 Å². The second kappa shape index (κ2) is 13.6. The maximum absolute atomic E-state index is 15.3. The van der Waals surface area contributed by atoms with E-state index >= 15 is 4.39 Å². The zero-order valence-corrected chi connectivity index (χ0v) is 24.9. The standard InChI is InChI=1S/C27H31F4N5O2S.C2H6/c1-26(2,3)38-25(37)34-12-14-35(15-13-34)39(4)36(21-8-6-5-7-9-21)18-20-11-10-19(16-22(20)28)23-17-24(33-32-23)27(29,30)31;1-2/h5-11,16H,4,12-15,17-18H2,1-3H3;1-2H3. The second-order valence-electron chi connectivity index (χ2n) is 10.2. The van der Waals surface area contributed by atoms with Crippen LogP contribution in [0.15, 0.2) is 58.7 Å². The molecule has 2 aliphatic rings. The lowest BCUT2D eigenvalue weighted by Crippen LogP contribution is -2.49. The van der Waals surface area contributed by atoms with Gasteiger partial charge in [-0.05, 0) is 55.7 Å². The first-order valence-corrected chi connectivity index (χ1v) is 14.7. The molecule has 1 saturated heterocycles. The fourth-order valence-electron chi connectivity index (χ4n) is 4.11. The van der Waals surface area contributed by atoms with E-state index in [9.17, 15) is 18.0 Å². The van der Waals surface area contributed by atoms with Crippen LogP contribution in [0.5, 0.6) is 0 Å². The first-order valence-electron chi connectivity index (χ1n) is 13.4. The van der Waals surface area contributed by atoms with E-state index in [1.165, 1.54) is 6.07 Å². The van der Waals surface area contributed by atoms with E-state index in [-0.39, 0.29) is 23.9 Å². The maximum atomic E-state index is 15.3. The number of benzene rings is 2. The van der Waals surface area contributed by atoms with E-state index < -0.39 is 40.6 Å². The highest BCUT2D eigenvalue weighted by Crippen LogP contribution is 2.34. The minimum atomic E-state index is -4.57. The number of nitrogens with zero attached hydrogens (tertiary/aromatic N) is 5. The number of piperazine rings is 1. The van der Waals surface area contributed by atoms with E-state index in [4.69, 9.17) is 4.74 Å². The average Bonchev–Trinajstić information content (AvgIpc) is 3.44. The molecule has 2 aromatic rings. The summed E-state index contributed by atoms with van der Waals surface area (Å²) in [5.74, 6) is 3.83. The molecule has 2 aromatic carbocycles. The molecular weight excluding hydrogens is 558 g/mol. The van der Waals surface area contributed by atoms with Crippen molar-refractivity contribution in [3.8, 4) is 0 Å². The first-order chi connectivity index (χ1) is 19.3. The van der Waals surface area contributed by atoms with Gasteiger partial charge in [0.1, 0.15) is 17.1 Å². The highest BCUT2D eigenvalue weighted by atomic mass is 32.2. The Morgan fingerprint density at radius 2 is 1.66 bits per heavy atom. The summed E-state index contributed by atoms with van der Waals surface area (Å²) in [7, 11) is -0.719. The van der Waals surface area contributed by atoms with Crippen LogP contribution in [0.3, 0.4) is 0 Å². The van der Waals surface area contributed by atoms with Crippen LogP contribution in [-0.2, 0) is 11.3 Å². The van der Waals surface area contributed by atoms with Gasteiger partial charge >= 0.3 is 12.3 Å². The zero-order valence-electron chi connectivity index (χ0n) is 24.0. The molecule has 7 nitrogen and oxygen atoms in total. The molecule has 0 spiro atoms. The minimum absolute atomic E-state index is 0.0764. The van der Waals surface area contributed by atoms with Gasteiger partial charge in [0.05, 0.1) is 12.3 Å². The Morgan fingerprint density at radius 3 is 2.20 bits per heavy atom. The van der Waals surface area contributed by atoms with Crippen LogP contribution >= 0.6 is 10.9 Å². The fourth-order valence-corrected chi connectivity index (χ4v) is 5.62. The molecule has 4 rings (SSSR count). The van der Waals surface area contributed by atoms with E-state index in [0.29, 0.717) is 31.7 Å². The van der Waals surface area contributed by atoms with Crippen molar-refractivity contribution in [2.45, 2.75) is 59.4 Å². The maximum Gasteiger partial charge on any atom is 0.431 e. The van der Waals surface area contributed by atoms with Gasteiger partial charge in [-0.1, -0.05) is 44.2 Å². The Hall–Kier alpha value is -3.25. The molecule has 2 aliphatic heterocycles. The predicted octanol–water partition coefficient (Wildman–Crippen LogP) is 7.05. The van der Waals surface area contributed by atoms with E-state index in [1.807, 2.05) is 69.3 Å². The van der Waals surface area contributed by atoms with Gasteiger partial charge in [-0.3, -0.25) is 0 Å². The highest BCUT2D eigenvalue weighted by Gasteiger charge is 2.39. The van der Waals surface area contributed by atoms with Gasteiger partial charge in [0.2, 0.25) is 0 Å². The third kappa shape index (κ3) is 8.62. The van der Waals surface area contributed by atoms with Crippen LogP contribution in [-0.4, -0.2) is 70.5 Å². The highest BCUT2D eigenvalue weighted by molar-refractivity contribution is 8.13. The normalized spacial score (nSPS) is 16.8. The molecule has 0 bridgehead atoms. The summed E-state index contributed by atoms with van der Waals surface area (Å²) in [5, 5.41) is 6.83. The van der Waals surface area contributed by atoms with Gasteiger partial charge in [0.15, 0.2) is 0 Å². The molecule has 1 unspecified atom stereocenters. The van der Waals surface area contributed by atoms with Crippen molar-refractivity contribution in [1.82, 2.24) is 9.21 Å². The number of amides is 1. The number of rotatable bonds is 6. The van der Waals surface area contributed by atoms with Crippen molar-refractivity contribution in [1.29, 1.82) is 0 Å². The topological polar surface area (TPSA) is 60.7 Å². The average molecular weight is 596 g/mol. The molecule has 0 radical (unpaired) electrons. The lowest BCUT2D eigenvalue weighted by atomic mass is 10.0. The van der Waals surface area contributed by atoms with Crippen molar-refractivity contribution < 1.29 is 27.1 Å². The third-order valence-electron chi connectivity index (χ3n) is 6.14. The smallest absolute Gasteiger partial charge is 0.431 e. The first kappa shape index (κ1) is 32.3. The minimum Gasteiger partial charge on any atom is -0.444 e. The lowest BCUT2D eigenvalue weighted by Gasteiger charge is -2.40. The monoisotopic (exact) mass is 595 g/mol. The Kier molecular flexibility index (Phi) is 10.7. The van der Waals surface area contributed by atoms with Crippen LogP contribution in [0.25, 0.3) is 0 Å². The summed E-state index contributed by atoms with van der Waals surface area (Å²) in [6, 6.07) is 13.8. The van der Waals surface area contributed by atoms with Crippen LogP contribution in [0, 0.1) is 5.82 Å². The van der Waals surface area contributed by atoms with Crippen LogP contribution < -0.4 is 4.31 Å². The molecule has 0 aliphatic carbocycles. The molecule has 0 N–H and O–H groups in total. The molecule has 12 heteroatoms. The molecule has 0 aromatic heterocycles. The molecule has 224 valence electrons. The van der Waals surface area contributed by atoms with Gasteiger partial charge in [-0.15, -0.1) is 5.10 Å². The van der Waals surface area contributed by atoms with E-state index in [1.54, 1.807) is 17.0 Å². The fraction of sp³-hybridized carbons (Fsp3) is 0.448. The Bertz CT molecular complexity index is 1280. The van der Waals surface area contributed by atoms with Gasteiger partial charge in [0, 0.05) is 49.4 Å². The Balaban J connectivity index is 0.00000226. The van der Waals surface area contributed by atoms with Crippen molar-refractivity contribution in [2.24, 2.45) is 10.2 Å². The van der Waals surface area contributed by atoms with Crippen LogP contribution in [0.4, 0.5) is 28.0 Å². The molecular formula is C29H37F4N5O2S. The number of para-hydroxylation sites is 1. The quantitative estimate of drug-likeness (QED) is 0.265. The van der Waals surface area contributed by atoms with Crippen molar-refractivity contribution in [2.75, 3.05) is 30.5 Å². The van der Waals surface area contributed by atoms with Gasteiger partial charge in [-0.2, -0.15) is 18.3 Å². The summed E-state index contributed by atoms with van der Waals surface area (Å²) in [5.41, 5.74) is -0.0223. The molecule has 2 heterocycles. The molecule has 1 amide bonds. The number of alkyl halides is 3. The van der Waals surface area contributed by atoms with Gasteiger partial charge in [-0.25, -0.2) is 13.5 Å². The van der Waals surface area contributed by atoms with Gasteiger partial charge < -0.3 is 13.9 Å². The number of hydrogen-bond acceptors (Lipinski definition) is 6. The molecule has 1 atom stereocenters. The van der Waals surface area contributed by atoms with Crippen LogP contribution in [0.2, 0.25) is 0 Å². The van der Waals surface area contributed by atoms with Crippen LogP contribution in [0.1, 0.15) is 52.2 Å². The number of halogens is 4. The number of hydrogen-bond donors (Lipinski definition) is 0. The van der Waals surface area contributed by atoms with E-state index in [0.717, 1.165) is 5.69 Å². The Morgan fingerprint density at radius 1 is 1.02 bits per heavy atom. The summed E-state index contributed by atoms with van der Waals surface area (Å²) in [6.45, 7) is 11.8. The number of carbonyl (C=O) groups excluding carboxylic acids is 1. The molecule has 1 fully saturated rings. The van der Waals surface area contributed by atoms with Crippen molar-refractivity contribution in [3.05, 3.63) is 65.5 Å². The number of carbonyl (C=O) groups is 1.